The van der Waals surface area contributed by atoms with Crippen LogP contribution in [0.3, 0.4) is 0 Å². The fraction of sp³-hybridized carbons (Fsp3) is 0.300. The minimum Gasteiger partial charge on any atom is -0.343 e. The van der Waals surface area contributed by atoms with Gasteiger partial charge in [-0.15, -0.1) is 0 Å². The van der Waals surface area contributed by atoms with Gasteiger partial charge in [0.05, 0.1) is 6.54 Å². The van der Waals surface area contributed by atoms with E-state index in [4.69, 9.17) is 4.52 Å². The molecule has 1 heterocycles. The summed E-state index contributed by atoms with van der Waals surface area (Å²) in [5, 5.41) is 0. The molecule has 1 atom stereocenters. The fourth-order valence-electron chi connectivity index (χ4n) is 2.38. The van der Waals surface area contributed by atoms with E-state index in [1.54, 1.807) is 37.3 Å². The van der Waals surface area contributed by atoms with Gasteiger partial charge >= 0.3 is 0 Å². The molecule has 150 valence electrons. The number of hydrogen-bond donors (Lipinski definition) is 0. The van der Waals surface area contributed by atoms with Gasteiger partial charge < -0.3 is 9.42 Å². The van der Waals surface area contributed by atoms with Crippen LogP contribution in [-0.2, 0) is 15.7 Å². The Hall–Kier alpha value is -1.02. The second-order valence-corrected chi connectivity index (χ2v) is 13.7. The number of halogens is 2. The van der Waals surface area contributed by atoms with E-state index in [2.05, 4.69) is 33.1 Å². The molecule has 0 aliphatic carbocycles. The van der Waals surface area contributed by atoms with Gasteiger partial charge in [-0.3, -0.25) is 9.79 Å². The molecule has 28 heavy (non-hydrogen) atoms. The van der Waals surface area contributed by atoms with E-state index in [9.17, 15) is 9.18 Å². The number of likely N-dealkylation sites (N-methyl/N-ethyl adjacent to an activating group) is 1. The van der Waals surface area contributed by atoms with Crippen LogP contribution in [0.5, 0.6) is 0 Å². The van der Waals surface area contributed by atoms with Gasteiger partial charge in [0.15, 0.2) is 4.99 Å². The van der Waals surface area contributed by atoms with E-state index in [1.165, 1.54) is 23.5 Å². The van der Waals surface area contributed by atoms with Crippen LogP contribution in [0.2, 0.25) is 0 Å². The first-order valence-corrected chi connectivity index (χ1v) is 14.2. The Kier molecular flexibility index (Phi) is 10.4. The Balaban J connectivity index is 2.21. The van der Waals surface area contributed by atoms with E-state index < -0.39 is 4.99 Å². The molecular formula is C20H23FIN2O2PS. The predicted octanol–water partition coefficient (Wildman–Crippen LogP) is 5.71. The van der Waals surface area contributed by atoms with Gasteiger partial charge in [0, 0.05) is 37.9 Å². The van der Waals surface area contributed by atoms with E-state index in [1.807, 2.05) is 18.4 Å². The highest BCUT2D eigenvalue weighted by atomic mass is 127. The summed E-state index contributed by atoms with van der Waals surface area (Å²) < 4.78 is 18.5. The summed E-state index contributed by atoms with van der Waals surface area (Å²) in [6.45, 7) is 0.974. The van der Waals surface area contributed by atoms with Crippen molar-refractivity contribution < 1.29 is 13.7 Å². The maximum Gasteiger partial charge on any atom is 0.247 e. The highest BCUT2D eigenvalue weighted by Gasteiger charge is 2.12. The lowest BCUT2D eigenvalue weighted by Crippen LogP contribution is -2.25. The van der Waals surface area contributed by atoms with E-state index >= 15 is 0 Å². The minimum absolute atomic E-state index is 0.0444. The smallest absolute Gasteiger partial charge is 0.247 e. The zero-order valence-electron chi connectivity index (χ0n) is 15.8. The number of aliphatic imine (C=N–C) groups is 1. The third-order valence-electron chi connectivity index (χ3n) is 3.88. The first kappa shape index (κ1) is 23.3. The molecule has 1 aliphatic rings. The Bertz CT molecular complexity index is 781. The normalized spacial score (nSPS) is 22.1. The summed E-state index contributed by atoms with van der Waals surface area (Å²) in [4.78, 5) is 18.8. The van der Waals surface area contributed by atoms with Gasteiger partial charge in [-0.25, -0.2) is 4.39 Å². The van der Waals surface area contributed by atoms with Gasteiger partial charge in [-0.2, -0.15) is 0 Å². The number of carbonyl (C=O) groups is 1. The lowest BCUT2D eigenvalue weighted by Gasteiger charge is -2.14. The minimum atomic E-state index is -0.732. The van der Waals surface area contributed by atoms with Crippen LogP contribution in [0, 0.1) is 5.82 Å². The molecule has 0 fully saturated rings. The van der Waals surface area contributed by atoms with Crippen molar-refractivity contribution in [2.45, 2.75) is 12.8 Å². The molecule has 1 aromatic rings. The van der Waals surface area contributed by atoms with Crippen LogP contribution in [0.25, 0.3) is 0 Å². The number of rotatable bonds is 5. The number of allylic oxidation sites excluding steroid dienone is 3. The Morgan fingerprint density at radius 3 is 2.79 bits per heavy atom. The van der Waals surface area contributed by atoms with Crippen molar-refractivity contribution in [2.24, 2.45) is 4.99 Å². The molecule has 1 amide bonds. The monoisotopic (exact) mass is 532 g/mol. The molecule has 4 nitrogen and oxygen atoms in total. The van der Waals surface area contributed by atoms with Crippen molar-refractivity contribution in [1.82, 2.24) is 4.90 Å². The van der Waals surface area contributed by atoms with Gasteiger partial charge in [0.25, 0.3) is 0 Å². The molecule has 1 aliphatic heterocycles. The molecule has 0 aromatic heterocycles. The largest absolute Gasteiger partial charge is 0.343 e. The first-order chi connectivity index (χ1) is 13.5. The number of hydrogen-bond acceptors (Lipinski definition) is 4. The number of benzene rings is 1. The quantitative estimate of drug-likeness (QED) is 0.277. The lowest BCUT2D eigenvalue weighted by atomic mass is 10.0. The standard InChI is InChI=1S/C20H23FIN2O2PS/c1-24-11-5-3-4-6-17(12-16-7-9-18(21)10-8-16)14-23-15-19(13-20(24)25)28-27(22)26-2/h3,5-10,13-14H,4,11-12,15H2,1-2H3/b5-3+,17-6-,19-13-,23-14?. The molecule has 0 saturated carbocycles. The van der Waals surface area contributed by atoms with Gasteiger partial charge in [-0.1, -0.05) is 41.7 Å². The fourth-order valence-corrected chi connectivity index (χ4v) is 6.31. The molecule has 1 aromatic carbocycles. The van der Waals surface area contributed by atoms with Crippen molar-refractivity contribution in [3.8, 4) is 0 Å². The Morgan fingerprint density at radius 2 is 2.07 bits per heavy atom. The van der Waals surface area contributed by atoms with Crippen LogP contribution < -0.4 is 0 Å². The van der Waals surface area contributed by atoms with Gasteiger partial charge in [0.2, 0.25) is 5.91 Å². The molecule has 0 radical (unpaired) electrons. The van der Waals surface area contributed by atoms with Gasteiger partial charge in [-0.05, 0) is 58.2 Å². The van der Waals surface area contributed by atoms with E-state index in [0.717, 1.165) is 22.5 Å². The van der Waals surface area contributed by atoms with E-state index in [-0.39, 0.29) is 11.7 Å². The zero-order chi connectivity index (χ0) is 20.4. The summed E-state index contributed by atoms with van der Waals surface area (Å²) in [7, 11) is 3.45. The molecular weight excluding hydrogens is 509 g/mol. The lowest BCUT2D eigenvalue weighted by molar-refractivity contribution is -0.124. The maximum absolute atomic E-state index is 13.1. The third-order valence-corrected chi connectivity index (χ3v) is 9.33. The average molecular weight is 532 g/mol. The number of amides is 1. The van der Waals surface area contributed by atoms with Gasteiger partial charge in [0.1, 0.15) is 5.82 Å². The average Bonchev–Trinajstić information content (AvgIpc) is 2.69. The van der Waals surface area contributed by atoms with Crippen molar-refractivity contribution in [3.05, 3.63) is 70.4 Å². The van der Waals surface area contributed by atoms with E-state index in [0.29, 0.717) is 19.5 Å². The molecule has 0 saturated heterocycles. The van der Waals surface area contributed by atoms with Crippen molar-refractivity contribution in [3.63, 3.8) is 0 Å². The third kappa shape index (κ3) is 8.55. The summed E-state index contributed by atoms with van der Waals surface area (Å²) in [5.74, 6) is -0.282. The van der Waals surface area contributed by atoms with Crippen LogP contribution in [-0.4, -0.2) is 44.3 Å². The second-order valence-electron chi connectivity index (χ2n) is 6.07. The molecule has 0 N–H and O–H groups in total. The molecule has 1 unspecified atom stereocenters. The highest BCUT2D eigenvalue weighted by Crippen LogP contribution is 2.60. The summed E-state index contributed by atoms with van der Waals surface area (Å²) in [6.07, 6.45) is 11.1. The molecule has 8 heteroatoms. The molecule has 2 rings (SSSR count). The topological polar surface area (TPSA) is 41.9 Å². The Morgan fingerprint density at radius 1 is 1.32 bits per heavy atom. The SMILES string of the molecule is COP(I)S/C1=C\C(=O)N(C)C/C=C/C/C=C(/Cc2ccc(F)cc2)C=NC1. The summed E-state index contributed by atoms with van der Waals surface area (Å²) >= 11 is 3.78. The van der Waals surface area contributed by atoms with Crippen molar-refractivity contribution in [2.75, 3.05) is 27.2 Å². The van der Waals surface area contributed by atoms with Crippen LogP contribution in [0.1, 0.15) is 12.0 Å². The summed E-state index contributed by atoms with van der Waals surface area (Å²) in [6, 6.07) is 6.52. The summed E-state index contributed by atoms with van der Waals surface area (Å²) in [5.41, 5.74) is 2.09. The highest BCUT2D eigenvalue weighted by molar-refractivity contribution is 14.2. The van der Waals surface area contributed by atoms with Crippen LogP contribution in [0.15, 0.2) is 64.0 Å². The zero-order valence-corrected chi connectivity index (χ0v) is 19.7. The number of nitrogens with zero attached hydrogens (tertiary/aromatic N) is 2. The maximum atomic E-state index is 13.1. The van der Waals surface area contributed by atoms with Crippen LogP contribution in [0.4, 0.5) is 4.39 Å². The molecule has 0 bridgehead atoms. The van der Waals surface area contributed by atoms with Crippen molar-refractivity contribution >= 4 is 50.5 Å². The Labute approximate surface area is 184 Å². The number of carbonyl (C=O) groups excluding carboxylic acids is 1. The van der Waals surface area contributed by atoms with Crippen molar-refractivity contribution in [1.29, 1.82) is 0 Å². The first-order valence-electron chi connectivity index (χ1n) is 8.70. The van der Waals surface area contributed by atoms with Crippen LogP contribution >= 0.6 is 38.4 Å². The molecule has 0 spiro atoms. The second kappa shape index (κ2) is 12.5. The predicted molar refractivity (Wildman–Crippen MR) is 127 cm³/mol.